The van der Waals surface area contributed by atoms with Crippen molar-refractivity contribution in [3.05, 3.63) is 16.8 Å². The van der Waals surface area contributed by atoms with Crippen molar-refractivity contribution in [1.82, 2.24) is 14.9 Å². The summed E-state index contributed by atoms with van der Waals surface area (Å²) in [5, 5.41) is 0.884. The first-order valence-electron chi connectivity index (χ1n) is 11.6. The standard InChI is InChI=1S/C23H33N3O6S2/c1-23(2,3)32-22(27)26(4)15-7-9-16(10-8-15)31-20-19-18-14(12-30-34(5,28)29)6-11-17(18)33-21(19)25-13-24-20/h13-16H,6-12H2,1-5H3/t14-,15?,16?/m1/s1. The van der Waals surface area contributed by atoms with Crippen molar-refractivity contribution in [2.75, 3.05) is 19.9 Å². The molecule has 2 aliphatic carbocycles. The molecule has 1 saturated carbocycles. The van der Waals surface area contributed by atoms with Crippen LogP contribution in [0, 0.1) is 0 Å². The van der Waals surface area contributed by atoms with Crippen LogP contribution < -0.4 is 4.74 Å². The first-order chi connectivity index (χ1) is 15.9. The zero-order chi connectivity index (χ0) is 24.7. The second-order valence-electron chi connectivity index (χ2n) is 10.2. The highest BCUT2D eigenvalue weighted by atomic mass is 32.2. The van der Waals surface area contributed by atoms with Crippen LogP contribution in [0.4, 0.5) is 4.79 Å². The lowest BCUT2D eigenvalue weighted by molar-refractivity contribution is 0.0137. The summed E-state index contributed by atoms with van der Waals surface area (Å²) in [5.41, 5.74) is 0.548. The number of hydrogen-bond acceptors (Lipinski definition) is 9. The molecule has 1 amide bonds. The fourth-order valence-electron chi connectivity index (χ4n) is 4.69. The molecule has 4 rings (SSSR count). The quantitative estimate of drug-likeness (QED) is 0.530. The fraction of sp³-hybridized carbons (Fsp3) is 0.696. The Kier molecular flexibility index (Phi) is 7.08. The summed E-state index contributed by atoms with van der Waals surface area (Å²) in [5.74, 6) is 0.530. The minimum Gasteiger partial charge on any atom is -0.474 e. The van der Waals surface area contributed by atoms with E-state index in [1.165, 1.54) is 11.2 Å². The predicted molar refractivity (Wildman–Crippen MR) is 130 cm³/mol. The van der Waals surface area contributed by atoms with Crippen molar-refractivity contribution >= 4 is 37.8 Å². The molecule has 34 heavy (non-hydrogen) atoms. The summed E-state index contributed by atoms with van der Waals surface area (Å²) in [4.78, 5) is 25.0. The minimum atomic E-state index is -3.51. The van der Waals surface area contributed by atoms with E-state index < -0.39 is 15.7 Å². The number of amides is 1. The molecule has 188 valence electrons. The van der Waals surface area contributed by atoms with Gasteiger partial charge in [-0.25, -0.2) is 14.8 Å². The van der Waals surface area contributed by atoms with Gasteiger partial charge in [0.25, 0.3) is 10.1 Å². The minimum absolute atomic E-state index is 0.0101. The molecule has 2 aromatic heterocycles. The molecule has 9 nitrogen and oxygen atoms in total. The summed E-state index contributed by atoms with van der Waals surface area (Å²) in [7, 11) is -1.72. The van der Waals surface area contributed by atoms with Gasteiger partial charge in [-0.1, -0.05) is 0 Å². The Morgan fingerprint density at radius 1 is 1.18 bits per heavy atom. The molecular weight excluding hydrogens is 478 g/mol. The number of ether oxygens (including phenoxy) is 2. The largest absolute Gasteiger partial charge is 0.474 e. The van der Waals surface area contributed by atoms with Gasteiger partial charge < -0.3 is 14.4 Å². The Balaban J connectivity index is 1.44. The van der Waals surface area contributed by atoms with Crippen molar-refractivity contribution in [1.29, 1.82) is 0 Å². The van der Waals surface area contributed by atoms with E-state index in [-0.39, 0.29) is 30.8 Å². The number of hydrogen-bond donors (Lipinski definition) is 0. The van der Waals surface area contributed by atoms with Crippen LogP contribution in [0.1, 0.15) is 69.2 Å². The third kappa shape index (κ3) is 5.80. The Hall–Kier alpha value is -1.98. The summed E-state index contributed by atoms with van der Waals surface area (Å²) < 4.78 is 40.0. The molecule has 0 saturated heterocycles. The van der Waals surface area contributed by atoms with Crippen LogP contribution >= 0.6 is 11.3 Å². The summed E-state index contributed by atoms with van der Waals surface area (Å²) in [6.45, 7) is 5.72. The Morgan fingerprint density at radius 3 is 2.53 bits per heavy atom. The summed E-state index contributed by atoms with van der Waals surface area (Å²) in [6, 6.07) is 0.114. The number of aryl methyl sites for hydroxylation is 1. The molecule has 0 aliphatic heterocycles. The highest BCUT2D eigenvalue weighted by Gasteiger charge is 2.33. The third-order valence-corrected chi connectivity index (χ3v) is 8.07. The van der Waals surface area contributed by atoms with E-state index in [2.05, 4.69) is 9.97 Å². The number of aromatic nitrogens is 2. The van der Waals surface area contributed by atoms with E-state index in [0.717, 1.165) is 60.6 Å². The molecule has 1 fully saturated rings. The lowest BCUT2D eigenvalue weighted by Crippen LogP contribution is -2.43. The number of carbonyl (C=O) groups is 1. The number of fused-ring (bicyclic) bond motifs is 3. The van der Waals surface area contributed by atoms with Gasteiger partial charge in [0.05, 0.1) is 18.2 Å². The van der Waals surface area contributed by atoms with Crippen molar-refractivity contribution in [3.8, 4) is 5.88 Å². The number of carbonyl (C=O) groups excluding carboxylic acids is 1. The van der Waals surface area contributed by atoms with Crippen molar-refractivity contribution in [2.45, 2.75) is 83.0 Å². The first-order valence-corrected chi connectivity index (χ1v) is 14.3. The fourth-order valence-corrected chi connectivity index (χ4v) is 6.34. The second kappa shape index (κ2) is 9.58. The SMILES string of the molecule is CN(C(=O)OC(C)(C)C)C1CCC(Oc2ncnc3sc4c(c23)[C@@H](COS(C)(=O)=O)CC4)CC1. The van der Waals surface area contributed by atoms with Crippen LogP contribution in [-0.2, 0) is 25.5 Å². The predicted octanol–water partition coefficient (Wildman–Crippen LogP) is 4.25. The maximum Gasteiger partial charge on any atom is 0.410 e. The third-order valence-electron chi connectivity index (χ3n) is 6.33. The van der Waals surface area contributed by atoms with E-state index >= 15 is 0 Å². The molecule has 0 spiro atoms. The van der Waals surface area contributed by atoms with Gasteiger partial charge in [-0.2, -0.15) is 8.42 Å². The first kappa shape index (κ1) is 25.1. The Morgan fingerprint density at radius 2 is 1.88 bits per heavy atom. The Labute approximate surface area is 204 Å². The van der Waals surface area contributed by atoms with Crippen LogP contribution in [0.25, 0.3) is 10.2 Å². The maximum absolute atomic E-state index is 12.4. The molecule has 0 bridgehead atoms. The molecule has 2 heterocycles. The van der Waals surface area contributed by atoms with Gasteiger partial charge in [-0.05, 0) is 64.9 Å². The van der Waals surface area contributed by atoms with Crippen molar-refractivity contribution in [3.63, 3.8) is 0 Å². The lowest BCUT2D eigenvalue weighted by atomic mass is 9.92. The van der Waals surface area contributed by atoms with E-state index in [1.807, 2.05) is 20.8 Å². The molecule has 2 aromatic rings. The van der Waals surface area contributed by atoms with Gasteiger partial charge >= 0.3 is 6.09 Å². The average molecular weight is 512 g/mol. The summed E-state index contributed by atoms with van der Waals surface area (Å²) >= 11 is 1.62. The van der Waals surface area contributed by atoms with E-state index in [4.69, 9.17) is 13.7 Å². The van der Waals surface area contributed by atoms with E-state index in [9.17, 15) is 13.2 Å². The van der Waals surface area contributed by atoms with Gasteiger partial charge in [0.15, 0.2) is 0 Å². The zero-order valence-electron chi connectivity index (χ0n) is 20.4. The van der Waals surface area contributed by atoms with Crippen LogP contribution in [0.2, 0.25) is 0 Å². The molecule has 11 heteroatoms. The Bertz CT molecular complexity index is 1150. The van der Waals surface area contributed by atoms with Gasteiger partial charge in [0.2, 0.25) is 5.88 Å². The smallest absolute Gasteiger partial charge is 0.410 e. The summed E-state index contributed by atoms with van der Waals surface area (Å²) in [6.07, 6.45) is 7.23. The molecule has 1 atom stereocenters. The highest BCUT2D eigenvalue weighted by molar-refractivity contribution is 7.85. The van der Waals surface area contributed by atoms with Crippen molar-refractivity contribution in [2.24, 2.45) is 0 Å². The molecule has 0 aromatic carbocycles. The molecule has 0 radical (unpaired) electrons. The number of nitrogens with zero attached hydrogens (tertiary/aromatic N) is 3. The molecule has 0 N–H and O–H groups in total. The number of rotatable bonds is 6. The monoisotopic (exact) mass is 511 g/mol. The van der Waals surface area contributed by atoms with Crippen LogP contribution in [0.5, 0.6) is 5.88 Å². The maximum atomic E-state index is 12.4. The second-order valence-corrected chi connectivity index (χ2v) is 12.9. The molecule has 2 aliphatic rings. The van der Waals surface area contributed by atoms with Crippen molar-refractivity contribution < 1.29 is 26.9 Å². The van der Waals surface area contributed by atoms with E-state index in [1.54, 1.807) is 23.3 Å². The molecular formula is C23H33N3O6S2. The number of thiophene rings is 1. The molecule has 0 unspecified atom stereocenters. The lowest BCUT2D eigenvalue weighted by Gasteiger charge is -2.35. The highest BCUT2D eigenvalue weighted by Crippen LogP contribution is 2.46. The van der Waals surface area contributed by atoms with Crippen LogP contribution in [0.15, 0.2) is 6.33 Å². The zero-order valence-corrected chi connectivity index (χ0v) is 22.0. The average Bonchev–Trinajstić information content (AvgIpc) is 3.30. The van der Waals surface area contributed by atoms with Crippen LogP contribution in [0.3, 0.4) is 0 Å². The van der Waals surface area contributed by atoms with Gasteiger partial charge in [0.1, 0.15) is 22.9 Å². The van der Waals surface area contributed by atoms with Gasteiger partial charge in [0, 0.05) is 23.9 Å². The van der Waals surface area contributed by atoms with Gasteiger partial charge in [-0.15, -0.1) is 11.3 Å². The van der Waals surface area contributed by atoms with Gasteiger partial charge in [-0.3, -0.25) is 4.18 Å². The normalized spacial score (nSPS) is 23.0. The van der Waals surface area contributed by atoms with Crippen LogP contribution in [-0.4, -0.2) is 67.0 Å². The van der Waals surface area contributed by atoms with E-state index in [0.29, 0.717) is 5.88 Å². The topological polar surface area (TPSA) is 108 Å².